The Morgan fingerprint density at radius 3 is 2.15 bits per heavy atom. The van der Waals surface area contributed by atoms with Crippen molar-refractivity contribution in [3.63, 3.8) is 0 Å². The van der Waals surface area contributed by atoms with Crippen molar-refractivity contribution < 1.29 is 13.2 Å². The van der Waals surface area contributed by atoms with Gasteiger partial charge < -0.3 is 5.32 Å². The number of rotatable bonds is 3. The van der Waals surface area contributed by atoms with E-state index in [0.29, 0.717) is 6.54 Å². The average Bonchev–Trinajstić information content (AvgIpc) is 2.37. The Morgan fingerprint density at radius 2 is 1.65 bits per heavy atom. The van der Waals surface area contributed by atoms with Crippen LogP contribution in [0.5, 0.6) is 0 Å². The maximum Gasteiger partial charge on any atom is 0.416 e. The van der Waals surface area contributed by atoms with Crippen molar-refractivity contribution in [1.82, 2.24) is 4.98 Å². The van der Waals surface area contributed by atoms with Gasteiger partial charge in [0.05, 0.1) is 11.3 Å². The molecule has 0 saturated carbocycles. The highest BCUT2D eigenvalue weighted by Crippen LogP contribution is 2.29. The van der Waals surface area contributed by atoms with Gasteiger partial charge in [-0.3, -0.25) is 4.98 Å². The molecule has 20 heavy (non-hydrogen) atoms. The molecule has 0 spiro atoms. The minimum absolute atomic E-state index is 0. The van der Waals surface area contributed by atoms with Gasteiger partial charge in [0.25, 0.3) is 0 Å². The molecule has 2 aromatic rings. The molecule has 2 rings (SSSR count). The van der Waals surface area contributed by atoms with E-state index < -0.39 is 11.7 Å². The second-order valence-electron chi connectivity index (χ2n) is 3.79. The number of alkyl halides is 3. The number of nitrogens with one attached hydrogen (secondary N) is 1. The van der Waals surface area contributed by atoms with Gasteiger partial charge in [-0.15, -0.1) is 24.8 Å². The summed E-state index contributed by atoms with van der Waals surface area (Å²) in [5.41, 5.74) is 0.983. The molecule has 7 heteroatoms. The lowest BCUT2D eigenvalue weighted by Crippen LogP contribution is -2.05. The fourth-order valence-corrected chi connectivity index (χ4v) is 1.48. The monoisotopic (exact) mass is 324 g/mol. The van der Waals surface area contributed by atoms with Gasteiger partial charge in [-0.1, -0.05) is 12.1 Å². The van der Waals surface area contributed by atoms with Crippen LogP contribution >= 0.6 is 24.8 Å². The summed E-state index contributed by atoms with van der Waals surface area (Å²) in [4.78, 5) is 3.93. The lowest BCUT2D eigenvalue weighted by Gasteiger charge is -2.09. The first-order valence-corrected chi connectivity index (χ1v) is 5.36. The Morgan fingerprint density at radius 1 is 1.00 bits per heavy atom. The summed E-state index contributed by atoms with van der Waals surface area (Å²) in [6, 6.07) is 8.73. The second-order valence-corrected chi connectivity index (χ2v) is 3.79. The van der Waals surface area contributed by atoms with Crippen LogP contribution in [0.4, 0.5) is 18.9 Å². The van der Waals surface area contributed by atoms with E-state index in [0.717, 1.165) is 23.4 Å². The van der Waals surface area contributed by atoms with Gasteiger partial charge in [0.2, 0.25) is 0 Å². The van der Waals surface area contributed by atoms with E-state index in [1.165, 1.54) is 12.1 Å². The molecule has 0 saturated heterocycles. The highest BCUT2D eigenvalue weighted by Gasteiger charge is 2.29. The molecule has 1 N–H and O–H groups in total. The Kier molecular flexibility index (Phi) is 7.39. The predicted molar refractivity (Wildman–Crippen MR) is 77.5 cm³/mol. The molecule has 0 unspecified atom stereocenters. The van der Waals surface area contributed by atoms with Crippen LogP contribution in [-0.4, -0.2) is 4.98 Å². The number of hydrogen-bond acceptors (Lipinski definition) is 2. The summed E-state index contributed by atoms with van der Waals surface area (Å²) in [6.07, 6.45) is -0.970. The zero-order chi connectivity index (χ0) is 13.0. The summed E-state index contributed by atoms with van der Waals surface area (Å²) in [6.45, 7) is 0.462. The third kappa shape index (κ3) is 5.27. The number of hydrogen-bond donors (Lipinski definition) is 1. The topological polar surface area (TPSA) is 24.9 Å². The molecule has 0 aliphatic rings. The minimum Gasteiger partial charge on any atom is -0.380 e. The van der Waals surface area contributed by atoms with Crippen molar-refractivity contribution in [3.05, 3.63) is 59.9 Å². The first kappa shape index (κ1) is 18.5. The van der Waals surface area contributed by atoms with Crippen LogP contribution in [0.1, 0.15) is 11.1 Å². The van der Waals surface area contributed by atoms with Crippen LogP contribution in [0.2, 0.25) is 0 Å². The fraction of sp³-hybridized carbons (Fsp3) is 0.154. The van der Waals surface area contributed by atoms with Crippen LogP contribution in [0, 0.1) is 0 Å². The molecule has 0 aliphatic heterocycles. The number of benzene rings is 1. The van der Waals surface area contributed by atoms with Crippen LogP contribution < -0.4 is 5.32 Å². The molecule has 0 bridgehead atoms. The van der Waals surface area contributed by atoms with Gasteiger partial charge >= 0.3 is 6.18 Å². The van der Waals surface area contributed by atoms with Crippen molar-refractivity contribution in [2.45, 2.75) is 12.7 Å². The molecular weight excluding hydrogens is 312 g/mol. The standard InChI is InChI=1S/C13H11F3N2.2ClH/c14-13(15,16)11-5-3-10(4-6-11)8-18-12-2-1-7-17-9-12;;/h1-7,9,18H,8H2;2*1H. The number of pyridine rings is 1. The second kappa shape index (κ2) is 7.97. The SMILES string of the molecule is Cl.Cl.FC(F)(F)c1ccc(CNc2cccnc2)cc1. The molecular formula is C13H13Cl2F3N2. The Hall–Kier alpha value is -1.46. The Bertz CT molecular complexity index is 501. The number of halogens is 5. The quantitative estimate of drug-likeness (QED) is 0.895. The van der Waals surface area contributed by atoms with Gasteiger partial charge in [-0.05, 0) is 29.8 Å². The van der Waals surface area contributed by atoms with Crippen LogP contribution in [0.15, 0.2) is 48.8 Å². The predicted octanol–water partition coefficient (Wildman–Crippen LogP) is 4.56. The van der Waals surface area contributed by atoms with Crippen molar-refractivity contribution in [1.29, 1.82) is 0 Å². The molecule has 2 nitrogen and oxygen atoms in total. The normalized spacial score (nSPS) is 10.2. The van der Waals surface area contributed by atoms with Gasteiger partial charge in [0.15, 0.2) is 0 Å². The molecule has 1 aromatic heterocycles. The lowest BCUT2D eigenvalue weighted by molar-refractivity contribution is -0.137. The van der Waals surface area contributed by atoms with E-state index >= 15 is 0 Å². The Labute approximate surface area is 127 Å². The highest BCUT2D eigenvalue weighted by atomic mass is 35.5. The van der Waals surface area contributed by atoms with Crippen molar-refractivity contribution in [2.24, 2.45) is 0 Å². The highest BCUT2D eigenvalue weighted by molar-refractivity contribution is 5.85. The third-order valence-electron chi connectivity index (χ3n) is 2.44. The van der Waals surface area contributed by atoms with Gasteiger partial charge in [-0.25, -0.2) is 0 Å². The maximum absolute atomic E-state index is 12.3. The van der Waals surface area contributed by atoms with E-state index in [4.69, 9.17) is 0 Å². The molecule has 1 aromatic carbocycles. The largest absolute Gasteiger partial charge is 0.416 e. The summed E-state index contributed by atoms with van der Waals surface area (Å²) < 4.78 is 37.0. The van der Waals surface area contributed by atoms with Gasteiger partial charge in [-0.2, -0.15) is 13.2 Å². The molecule has 0 fully saturated rings. The molecule has 0 atom stereocenters. The fourth-order valence-electron chi connectivity index (χ4n) is 1.48. The van der Waals surface area contributed by atoms with Crippen LogP contribution in [0.25, 0.3) is 0 Å². The molecule has 0 amide bonds. The van der Waals surface area contributed by atoms with Gasteiger partial charge in [0.1, 0.15) is 0 Å². The summed E-state index contributed by atoms with van der Waals surface area (Å²) in [5, 5.41) is 3.08. The van der Waals surface area contributed by atoms with Crippen molar-refractivity contribution >= 4 is 30.5 Å². The number of aromatic nitrogens is 1. The van der Waals surface area contributed by atoms with E-state index in [9.17, 15) is 13.2 Å². The molecule has 0 aliphatic carbocycles. The molecule has 110 valence electrons. The van der Waals surface area contributed by atoms with E-state index in [-0.39, 0.29) is 24.8 Å². The summed E-state index contributed by atoms with van der Waals surface area (Å²) in [7, 11) is 0. The number of nitrogens with zero attached hydrogens (tertiary/aromatic N) is 1. The zero-order valence-corrected chi connectivity index (χ0v) is 11.9. The summed E-state index contributed by atoms with van der Waals surface area (Å²) in [5.74, 6) is 0. The van der Waals surface area contributed by atoms with E-state index in [1.807, 2.05) is 6.07 Å². The van der Waals surface area contributed by atoms with Crippen molar-refractivity contribution in [3.8, 4) is 0 Å². The van der Waals surface area contributed by atoms with E-state index in [2.05, 4.69) is 10.3 Å². The first-order valence-electron chi connectivity index (χ1n) is 5.36. The summed E-state index contributed by atoms with van der Waals surface area (Å²) >= 11 is 0. The number of anilines is 1. The van der Waals surface area contributed by atoms with Crippen LogP contribution in [-0.2, 0) is 12.7 Å². The lowest BCUT2D eigenvalue weighted by atomic mass is 10.1. The van der Waals surface area contributed by atoms with E-state index in [1.54, 1.807) is 18.5 Å². The zero-order valence-electron chi connectivity index (χ0n) is 10.2. The maximum atomic E-state index is 12.3. The Balaban J connectivity index is 0.00000180. The first-order chi connectivity index (χ1) is 8.55. The van der Waals surface area contributed by atoms with Crippen molar-refractivity contribution in [2.75, 3.05) is 5.32 Å². The van der Waals surface area contributed by atoms with Crippen LogP contribution in [0.3, 0.4) is 0 Å². The third-order valence-corrected chi connectivity index (χ3v) is 2.44. The molecule has 1 heterocycles. The smallest absolute Gasteiger partial charge is 0.380 e. The minimum atomic E-state index is -4.28. The van der Waals surface area contributed by atoms with Gasteiger partial charge in [0, 0.05) is 18.9 Å². The molecule has 0 radical (unpaired) electrons. The average molecular weight is 325 g/mol.